The Balaban J connectivity index is 0.526. The van der Waals surface area contributed by atoms with E-state index in [1.807, 2.05) is 109 Å². The summed E-state index contributed by atoms with van der Waals surface area (Å²) in [5, 5.41) is 7.53. The van der Waals surface area contributed by atoms with Gasteiger partial charge in [-0.2, -0.15) is 0 Å². The van der Waals surface area contributed by atoms with Gasteiger partial charge in [-0.3, -0.25) is 0 Å². The molecule has 16 aromatic carbocycles. The molecule has 0 saturated carbocycles. The van der Waals surface area contributed by atoms with E-state index in [1.54, 1.807) is 36.4 Å². The fourth-order valence-corrected chi connectivity index (χ4v) is 17.9. The van der Waals surface area contributed by atoms with Crippen molar-refractivity contribution in [1.82, 2.24) is 0 Å². The quantitative estimate of drug-likeness (QED) is 0.0251. The highest BCUT2D eigenvalue weighted by Gasteiger charge is 2.49. The van der Waals surface area contributed by atoms with Crippen LogP contribution in [0.5, 0.6) is 34.5 Å². The van der Waals surface area contributed by atoms with Gasteiger partial charge >= 0.3 is 29.8 Å². The lowest BCUT2D eigenvalue weighted by molar-refractivity contribution is -0.130. The zero-order valence-electron chi connectivity index (χ0n) is 62.9. The van der Waals surface area contributed by atoms with Gasteiger partial charge in [-0.05, 0) is 240 Å². The summed E-state index contributed by atoms with van der Waals surface area (Å²) in [5.41, 5.74) is 17.6. The van der Waals surface area contributed by atoms with Crippen molar-refractivity contribution >= 4 is 72.9 Å². The summed E-state index contributed by atoms with van der Waals surface area (Å²) in [4.78, 5) is 64.3. The summed E-state index contributed by atoms with van der Waals surface area (Å²) in [6, 6.07) is 115. The molecule has 117 heavy (non-hydrogen) atoms. The summed E-state index contributed by atoms with van der Waals surface area (Å²) in [5.74, 6) is -0.469. The molecule has 11 heteroatoms. The molecule has 0 aliphatic heterocycles. The first-order valence-electron chi connectivity index (χ1n) is 38.4. The van der Waals surface area contributed by atoms with Crippen LogP contribution < -0.4 is 28.4 Å². The largest absolute Gasteiger partial charge is 0.465 e. The Bertz CT molecular complexity index is 6800. The maximum Gasteiger partial charge on any atom is 0.339 e. The van der Waals surface area contributed by atoms with Gasteiger partial charge in [0.05, 0.1) is 28.6 Å². The number of rotatable bonds is 19. The molecule has 11 nitrogen and oxygen atoms in total. The fraction of sp³-hybridized carbons (Fsp3) is 0.0283. The zero-order valence-corrected chi connectivity index (χ0v) is 62.9. The Kier molecular flexibility index (Phi) is 18.1. The Labute approximate surface area is 673 Å². The molecule has 0 atom stereocenters. The van der Waals surface area contributed by atoms with Gasteiger partial charge in [0, 0.05) is 24.3 Å². The van der Waals surface area contributed by atoms with Crippen molar-refractivity contribution in [3.8, 4) is 67.9 Å². The monoisotopic (exact) mass is 1520 g/mol. The molecule has 16 aromatic rings. The number of ether oxygens (including phenoxy) is 6. The van der Waals surface area contributed by atoms with Gasteiger partial charge in [-0.15, -0.1) is 0 Å². The van der Waals surface area contributed by atoms with Gasteiger partial charge in [0.1, 0.15) is 34.5 Å². The van der Waals surface area contributed by atoms with Crippen LogP contribution in [-0.2, 0) is 40.2 Å². The first kappa shape index (κ1) is 71.7. The number of allylic oxidation sites excluding steroid dienone is 2. The number of esters is 5. The lowest BCUT2D eigenvalue weighted by Crippen LogP contribution is -2.28. The van der Waals surface area contributed by atoms with Crippen molar-refractivity contribution in [2.24, 2.45) is 0 Å². The maximum absolute atomic E-state index is 13.5. The molecule has 0 aromatic heterocycles. The van der Waals surface area contributed by atoms with E-state index in [2.05, 4.69) is 207 Å². The number of benzene rings is 16. The van der Waals surface area contributed by atoms with E-state index >= 15 is 0 Å². The second-order valence-corrected chi connectivity index (χ2v) is 29.1. The molecule has 558 valence electrons. The minimum absolute atomic E-state index is 0.331. The summed E-state index contributed by atoms with van der Waals surface area (Å²) >= 11 is 0. The van der Waals surface area contributed by atoms with E-state index < -0.39 is 46.1 Å². The molecule has 0 heterocycles. The molecule has 19 rings (SSSR count). The first-order valence-corrected chi connectivity index (χ1v) is 38.4. The first-order chi connectivity index (χ1) is 57.4. The predicted octanol–water partition coefficient (Wildman–Crippen LogP) is 22.7. The van der Waals surface area contributed by atoms with Crippen LogP contribution in [0.1, 0.15) is 66.8 Å². The van der Waals surface area contributed by atoms with E-state index in [0.29, 0.717) is 34.5 Å². The van der Waals surface area contributed by atoms with Crippen LogP contribution in [0.2, 0.25) is 0 Å². The maximum atomic E-state index is 13.5. The van der Waals surface area contributed by atoms with Gasteiger partial charge in [-0.1, -0.05) is 268 Å². The van der Waals surface area contributed by atoms with Crippen LogP contribution in [0.25, 0.3) is 76.5 Å². The summed E-state index contributed by atoms with van der Waals surface area (Å²) < 4.78 is 34.5. The van der Waals surface area contributed by atoms with Crippen molar-refractivity contribution in [1.29, 1.82) is 0 Å². The smallest absolute Gasteiger partial charge is 0.339 e. The SMILES string of the molecule is C=CC(=O)Oc1ccc(C2(c3ccc(OC(=O)/C=C/C=CC(=O)Oc4ccc5cc(C6(c7ccc8cc(O/C=C/C(=O)Oc9ccc%10cc(C%11(c%12ccc%13cc(OC(=O)C=C)ccc%13c%12)c%12ccccc%12-c%12ccccc%12%11)ccc%10c9)ccc8c7)c7ccccc7-c7ccccc76)ccc5c4)cc3)c3ccccc3-c3ccccc32)cc1. The van der Waals surface area contributed by atoms with E-state index in [9.17, 15) is 24.0 Å². The van der Waals surface area contributed by atoms with E-state index in [-0.39, 0.29) is 0 Å². The molecule has 0 radical (unpaired) electrons. The van der Waals surface area contributed by atoms with Gasteiger partial charge in [0.25, 0.3) is 0 Å². The third-order valence-corrected chi connectivity index (χ3v) is 22.8. The molecular formula is C106H68O11. The van der Waals surface area contributed by atoms with Crippen LogP contribution in [0.3, 0.4) is 0 Å². The Morgan fingerprint density at radius 3 is 0.761 bits per heavy atom. The standard InChI is InChI=1S/C106H68O11/c1-3-99(107)113-81-53-45-75(46-54-81)104(93-25-11-5-19-87(93)88-20-6-12-26-94(88)104)76-47-55-82(56-48-76)114-101(109)31-17-18-32-102(110)116-85-51-39-69-61-79(43-35-73(69)65-85)105(95-27-13-7-21-89(95)90-22-8-14-28-96(90)105)77-41-33-71-63-83(49-37-67(71)59-77)112-58-57-103(111)117-86-52-40-70-62-80(44-36-74(70)66-86)106(97-29-15-9-23-91(97)92-24-10-16-30-98(92)106)78-42-34-72-64-84(115-100(108)4-2)50-38-68(72)60-78/h3-66H,1-2H2/b31-17+,32-18?,58-57+. The molecule has 3 aliphatic carbocycles. The Hall–Kier alpha value is -15.6. The molecule has 0 N–H and O–H groups in total. The Morgan fingerprint density at radius 2 is 0.444 bits per heavy atom. The number of hydrogen-bond acceptors (Lipinski definition) is 11. The second-order valence-electron chi connectivity index (χ2n) is 29.1. The highest BCUT2D eigenvalue weighted by atomic mass is 16.6. The molecule has 0 amide bonds. The molecular weight excluding hydrogens is 1450 g/mol. The average Bonchev–Trinajstić information content (AvgIpc) is 1.56. The summed E-state index contributed by atoms with van der Waals surface area (Å²) in [6.45, 7) is 7.07. The molecule has 0 bridgehead atoms. The number of carbonyl (C=O) groups excluding carboxylic acids is 5. The predicted molar refractivity (Wildman–Crippen MR) is 458 cm³/mol. The number of carbonyl (C=O) groups is 5. The van der Waals surface area contributed by atoms with Crippen LogP contribution in [0.15, 0.2) is 402 Å². The fourth-order valence-electron chi connectivity index (χ4n) is 17.9. The minimum Gasteiger partial charge on any atom is -0.465 e. The minimum atomic E-state index is -0.749. The topological polar surface area (TPSA) is 141 Å². The van der Waals surface area contributed by atoms with Gasteiger partial charge in [0.2, 0.25) is 0 Å². The van der Waals surface area contributed by atoms with Crippen molar-refractivity contribution in [3.63, 3.8) is 0 Å². The van der Waals surface area contributed by atoms with E-state index in [0.717, 1.165) is 133 Å². The van der Waals surface area contributed by atoms with E-state index in [4.69, 9.17) is 28.4 Å². The molecule has 0 fully saturated rings. The van der Waals surface area contributed by atoms with Crippen LogP contribution in [-0.4, -0.2) is 29.8 Å². The number of fused-ring (bicyclic) bond motifs is 13. The van der Waals surface area contributed by atoms with Crippen molar-refractivity contribution in [2.45, 2.75) is 16.2 Å². The highest BCUT2D eigenvalue weighted by Crippen LogP contribution is 2.60. The summed E-state index contributed by atoms with van der Waals surface area (Å²) in [6.07, 6.45) is 10.3. The van der Waals surface area contributed by atoms with Gasteiger partial charge < -0.3 is 28.4 Å². The molecule has 0 saturated heterocycles. The van der Waals surface area contributed by atoms with Crippen molar-refractivity contribution in [3.05, 3.63) is 468 Å². The average molecular weight is 1520 g/mol. The molecule has 0 spiro atoms. The third-order valence-electron chi connectivity index (χ3n) is 22.8. The third kappa shape index (κ3) is 12.5. The van der Waals surface area contributed by atoms with Crippen molar-refractivity contribution in [2.75, 3.05) is 0 Å². The Morgan fingerprint density at radius 1 is 0.222 bits per heavy atom. The molecule has 0 unspecified atom stereocenters. The zero-order chi connectivity index (χ0) is 79.4. The highest BCUT2D eigenvalue weighted by molar-refractivity contribution is 5.97. The van der Waals surface area contributed by atoms with Crippen LogP contribution >= 0.6 is 0 Å². The van der Waals surface area contributed by atoms with E-state index in [1.165, 1.54) is 58.9 Å². The van der Waals surface area contributed by atoms with Crippen LogP contribution in [0, 0.1) is 0 Å². The lowest BCUT2D eigenvalue weighted by Gasteiger charge is -2.34. The number of hydrogen-bond donors (Lipinski definition) is 0. The van der Waals surface area contributed by atoms with Crippen LogP contribution in [0.4, 0.5) is 0 Å². The van der Waals surface area contributed by atoms with Gasteiger partial charge in [0.15, 0.2) is 0 Å². The normalized spacial score (nSPS) is 13.5. The molecule has 3 aliphatic rings. The second kappa shape index (κ2) is 29.5. The lowest BCUT2D eigenvalue weighted by atomic mass is 9.67. The summed E-state index contributed by atoms with van der Waals surface area (Å²) in [7, 11) is 0. The van der Waals surface area contributed by atoms with Gasteiger partial charge in [-0.25, -0.2) is 24.0 Å². The van der Waals surface area contributed by atoms with Crippen molar-refractivity contribution < 1.29 is 52.4 Å².